The number of rotatable bonds is 6. The van der Waals surface area contributed by atoms with Gasteiger partial charge in [0.1, 0.15) is 11.4 Å². The highest BCUT2D eigenvalue weighted by atomic mass is 32.2. The summed E-state index contributed by atoms with van der Waals surface area (Å²) < 4.78 is 25.5. The number of carbonyl (C=O) groups is 3. The number of benzene rings is 2. The second-order valence-electron chi connectivity index (χ2n) is 6.24. The van der Waals surface area contributed by atoms with Crippen molar-refractivity contribution in [1.29, 1.82) is 0 Å². The molecule has 0 aliphatic carbocycles. The van der Waals surface area contributed by atoms with Crippen molar-refractivity contribution in [3.63, 3.8) is 0 Å². The zero-order chi connectivity index (χ0) is 20.3. The Bertz CT molecular complexity index is 1050. The first kappa shape index (κ1) is 19.6. The van der Waals surface area contributed by atoms with E-state index in [0.29, 0.717) is 28.5 Å². The number of carbonyl (C=O) groups excluding carboxylic acids is 3. The summed E-state index contributed by atoms with van der Waals surface area (Å²) in [5, 5.41) is 5.26. The lowest BCUT2D eigenvalue weighted by molar-refractivity contribution is -0.116. The largest absolute Gasteiger partial charge is 0.326 e. The molecule has 0 unspecified atom stereocenters. The summed E-state index contributed by atoms with van der Waals surface area (Å²) in [5.41, 5.74) is 0.935. The van der Waals surface area contributed by atoms with Crippen LogP contribution in [0.3, 0.4) is 0 Å². The second-order valence-corrected chi connectivity index (χ2v) is 8.07. The van der Waals surface area contributed by atoms with Gasteiger partial charge in [0.2, 0.25) is 11.8 Å². The first-order valence-corrected chi connectivity index (χ1v) is 10.1. The minimum absolute atomic E-state index is 0.0518. The van der Waals surface area contributed by atoms with Gasteiger partial charge in [-0.1, -0.05) is 25.1 Å². The Balaban J connectivity index is 1.70. The zero-order valence-electron chi connectivity index (χ0n) is 15.1. The minimum Gasteiger partial charge on any atom is -0.326 e. The Kier molecular flexibility index (Phi) is 5.46. The van der Waals surface area contributed by atoms with Crippen molar-refractivity contribution < 1.29 is 22.8 Å². The van der Waals surface area contributed by atoms with Gasteiger partial charge in [-0.2, -0.15) is 0 Å². The van der Waals surface area contributed by atoms with E-state index in [4.69, 9.17) is 0 Å². The fourth-order valence-corrected chi connectivity index (χ4v) is 4.37. The number of anilines is 2. The van der Waals surface area contributed by atoms with Gasteiger partial charge in [-0.25, -0.2) is 12.7 Å². The molecule has 2 aromatic rings. The predicted molar refractivity (Wildman–Crippen MR) is 103 cm³/mol. The van der Waals surface area contributed by atoms with Crippen molar-refractivity contribution in [3.8, 4) is 0 Å². The molecule has 2 N–H and O–H groups in total. The molecule has 1 heterocycles. The molecule has 146 valence electrons. The maximum absolute atomic E-state index is 12.5. The van der Waals surface area contributed by atoms with Crippen LogP contribution in [0, 0.1) is 0 Å². The van der Waals surface area contributed by atoms with Gasteiger partial charge in [0.25, 0.3) is 15.9 Å². The van der Waals surface area contributed by atoms with Gasteiger partial charge in [0.15, 0.2) is 0 Å². The number of hydrogen-bond donors (Lipinski definition) is 2. The summed E-state index contributed by atoms with van der Waals surface area (Å²) in [6, 6.07) is 12.3. The van der Waals surface area contributed by atoms with E-state index in [0.717, 1.165) is 0 Å². The molecule has 8 nitrogen and oxygen atoms in total. The molecular weight excluding hydrogens is 382 g/mol. The molecule has 0 atom stereocenters. The summed E-state index contributed by atoms with van der Waals surface area (Å²) in [6.45, 7) is 1.25. The monoisotopic (exact) mass is 401 g/mol. The molecule has 0 saturated carbocycles. The number of nitrogens with zero attached hydrogens (tertiary/aromatic N) is 1. The van der Waals surface area contributed by atoms with Gasteiger partial charge in [0, 0.05) is 17.8 Å². The Morgan fingerprint density at radius 3 is 2.25 bits per heavy atom. The molecule has 9 heteroatoms. The van der Waals surface area contributed by atoms with E-state index in [9.17, 15) is 22.8 Å². The van der Waals surface area contributed by atoms with E-state index in [2.05, 4.69) is 10.6 Å². The number of fused-ring (bicyclic) bond motifs is 1. The molecule has 1 aliphatic rings. The molecule has 3 rings (SSSR count). The maximum atomic E-state index is 12.5. The third-order valence-corrected chi connectivity index (χ3v) is 5.89. The lowest BCUT2D eigenvalue weighted by Gasteiger charge is -2.15. The Morgan fingerprint density at radius 2 is 1.61 bits per heavy atom. The summed E-state index contributed by atoms with van der Waals surface area (Å²) in [5.74, 6) is -1.54. The van der Waals surface area contributed by atoms with Gasteiger partial charge in [-0.15, -0.1) is 0 Å². The fraction of sp³-hybridized carbons (Fsp3) is 0.211. The van der Waals surface area contributed by atoms with Crippen LogP contribution >= 0.6 is 0 Å². The summed E-state index contributed by atoms with van der Waals surface area (Å²) in [6.07, 6.45) is 1.09. The molecule has 28 heavy (non-hydrogen) atoms. The average molecular weight is 401 g/mol. The fourth-order valence-electron chi connectivity index (χ4n) is 2.84. The Labute approximate surface area is 162 Å². The Hall–Kier alpha value is -3.20. The zero-order valence-corrected chi connectivity index (χ0v) is 16.0. The molecule has 0 bridgehead atoms. The van der Waals surface area contributed by atoms with E-state index in [-0.39, 0.29) is 16.4 Å². The molecule has 2 aromatic carbocycles. The number of amides is 3. The van der Waals surface area contributed by atoms with Crippen LogP contribution in [0.1, 0.15) is 30.1 Å². The van der Waals surface area contributed by atoms with Crippen molar-refractivity contribution in [3.05, 3.63) is 54.1 Å². The van der Waals surface area contributed by atoms with Crippen LogP contribution in [-0.2, 0) is 19.6 Å². The highest BCUT2D eigenvalue weighted by Gasteiger charge is 2.41. The van der Waals surface area contributed by atoms with Gasteiger partial charge in [-0.3, -0.25) is 14.4 Å². The normalized spacial score (nSPS) is 14.5. The first-order chi connectivity index (χ1) is 13.3. The van der Waals surface area contributed by atoms with E-state index in [1.54, 1.807) is 30.3 Å². The third kappa shape index (κ3) is 3.89. The second kappa shape index (κ2) is 7.81. The van der Waals surface area contributed by atoms with Gasteiger partial charge < -0.3 is 10.6 Å². The highest BCUT2D eigenvalue weighted by molar-refractivity contribution is 7.90. The molecule has 0 radical (unpaired) electrons. The third-order valence-electron chi connectivity index (χ3n) is 4.11. The number of hydrogen-bond acceptors (Lipinski definition) is 5. The number of sulfonamides is 1. The maximum Gasteiger partial charge on any atom is 0.269 e. The quantitative estimate of drug-likeness (QED) is 0.771. The minimum atomic E-state index is -4.05. The van der Waals surface area contributed by atoms with Gasteiger partial charge in [0.05, 0.1) is 5.56 Å². The van der Waals surface area contributed by atoms with Gasteiger partial charge >= 0.3 is 0 Å². The summed E-state index contributed by atoms with van der Waals surface area (Å²) >= 11 is 0. The van der Waals surface area contributed by atoms with Crippen LogP contribution < -0.4 is 10.6 Å². The number of nitrogens with one attached hydrogen (secondary N) is 2. The van der Waals surface area contributed by atoms with Crippen LogP contribution in [0.25, 0.3) is 0 Å². The van der Waals surface area contributed by atoms with E-state index >= 15 is 0 Å². The molecule has 0 saturated heterocycles. The van der Waals surface area contributed by atoms with Crippen LogP contribution in [-0.4, -0.2) is 37.0 Å². The standard InChI is InChI=1S/C19H19N3O5S/c1-2-6-17(23)20-13-7-5-8-14(11-13)21-18(24)12-22-19(25)15-9-3-4-10-16(15)28(22,26)27/h3-5,7-11H,2,6,12H2,1H3,(H,20,23)(H,21,24). The first-order valence-electron chi connectivity index (χ1n) is 8.69. The van der Waals surface area contributed by atoms with Gasteiger partial charge in [-0.05, 0) is 36.8 Å². The van der Waals surface area contributed by atoms with Crippen molar-refractivity contribution in [2.45, 2.75) is 24.7 Å². The van der Waals surface area contributed by atoms with Crippen molar-refractivity contribution in [1.82, 2.24) is 4.31 Å². The summed E-state index contributed by atoms with van der Waals surface area (Å²) in [4.78, 5) is 36.3. The lowest BCUT2D eigenvalue weighted by Crippen LogP contribution is -2.37. The smallest absolute Gasteiger partial charge is 0.269 e. The molecule has 0 spiro atoms. The van der Waals surface area contributed by atoms with E-state index in [1.165, 1.54) is 18.2 Å². The topological polar surface area (TPSA) is 113 Å². The van der Waals surface area contributed by atoms with Crippen LogP contribution in [0.4, 0.5) is 11.4 Å². The van der Waals surface area contributed by atoms with Crippen molar-refractivity contribution in [2.24, 2.45) is 0 Å². The van der Waals surface area contributed by atoms with Crippen molar-refractivity contribution >= 4 is 39.1 Å². The van der Waals surface area contributed by atoms with Crippen LogP contribution in [0.5, 0.6) is 0 Å². The highest BCUT2D eigenvalue weighted by Crippen LogP contribution is 2.29. The van der Waals surface area contributed by atoms with Crippen LogP contribution in [0.15, 0.2) is 53.4 Å². The Morgan fingerprint density at radius 1 is 0.964 bits per heavy atom. The predicted octanol–water partition coefficient (Wildman–Crippen LogP) is 2.21. The molecule has 0 fully saturated rings. The SMILES string of the molecule is CCCC(=O)Nc1cccc(NC(=O)CN2C(=O)c3ccccc3S2(=O)=O)c1. The lowest BCUT2D eigenvalue weighted by atomic mass is 10.2. The summed E-state index contributed by atoms with van der Waals surface area (Å²) in [7, 11) is -4.05. The van der Waals surface area contributed by atoms with Crippen molar-refractivity contribution in [2.75, 3.05) is 17.2 Å². The van der Waals surface area contributed by atoms with E-state index in [1.807, 2.05) is 6.92 Å². The molecule has 1 aliphatic heterocycles. The van der Waals surface area contributed by atoms with E-state index < -0.39 is 28.4 Å². The molecule has 3 amide bonds. The molecular formula is C19H19N3O5S. The van der Waals surface area contributed by atoms with Crippen LogP contribution in [0.2, 0.25) is 0 Å². The molecule has 0 aromatic heterocycles. The average Bonchev–Trinajstić information content (AvgIpc) is 2.83.